The fourth-order valence-electron chi connectivity index (χ4n) is 1.94. The second-order valence-corrected chi connectivity index (χ2v) is 5.38. The van der Waals surface area contributed by atoms with Gasteiger partial charge in [-0.05, 0) is 52.3 Å². The minimum Gasteiger partial charge on any atom is -0.496 e. The highest BCUT2D eigenvalue weighted by Gasteiger charge is 2.14. The van der Waals surface area contributed by atoms with Crippen LogP contribution in [0.25, 0.3) is 0 Å². The van der Waals surface area contributed by atoms with Gasteiger partial charge in [-0.25, -0.2) is 4.79 Å². The van der Waals surface area contributed by atoms with Crippen molar-refractivity contribution in [1.82, 2.24) is 0 Å². The van der Waals surface area contributed by atoms with Crippen molar-refractivity contribution in [2.24, 2.45) is 0 Å². The molecule has 0 fully saturated rings. The van der Waals surface area contributed by atoms with Gasteiger partial charge in [0.05, 0.1) is 29.9 Å². The zero-order chi connectivity index (χ0) is 17.0. The molecule has 0 spiro atoms. The molecule has 0 unspecified atom stereocenters. The Balaban J connectivity index is 2.30. The first kappa shape index (κ1) is 16.8. The number of carboxylic acids is 1. The van der Waals surface area contributed by atoms with E-state index >= 15 is 0 Å². The number of carbonyl (C=O) groups excluding carboxylic acids is 1. The molecular formula is C16H14BrNO5. The Bertz CT molecular complexity index is 760. The predicted molar refractivity (Wildman–Crippen MR) is 88.6 cm³/mol. The van der Waals surface area contributed by atoms with Gasteiger partial charge in [0.2, 0.25) is 0 Å². The molecule has 0 saturated carbocycles. The second-order valence-electron chi connectivity index (χ2n) is 4.52. The van der Waals surface area contributed by atoms with E-state index in [1.165, 1.54) is 32.4 Å². The molecule has 23 heavy (non-hydrogen) atoms. The van der Waals surface area contributed by atoms with E-state index < -0.39 is 11.9 Å². The predicted octanol–water partition coefficient (Wildman–Crippen LogP) is 3.42. The number of amides is 1. The zero-order valence-electron chi connectivity index (χ0n) is 12.4. The van der Waals surface area contributed by atoms with Gasteiger partial charge < -0.3 is 19.9 Å². The smallest absolute Gasteiger partial charge is 0.335 e. The van der Waals surface area contributed by atoms with E-state index in [4.69, 9.17) is 14.6 Å². The van der Waals surface area contributed by atoms with E-state index in [-0.39, 0.29) is 11.3 Å². The second kappa shape index (κ2) is 7.15. The Morgan fingerprint density at radius 2 is 1.61 bits per heavy atom. The third-order valence-electron chi connectivity index (χ3n) is 3.11. The molecule has 2 aromatic rings. The highest BCUT2D eigenvalue weighted by Crippen LogP contribution is 2.28. The topological polar surface area (TPSA) is 84.9 Å². The molecule has 0 bridgehead atoms. The number of hydrogen-bond acceptors (Lipinski definition) is 4. The van der Waals surface area contributed by atoms with Gasteiger partial charge in [0, 0.05) is 5.56 Å². The fourth-order valence-corrected chi connectivity index (χ4v) is 2.48. The van der Waals surface area contributed by atoms with Gasteiger partial charge >= 0.3 is 5.97 Å². The number of nitrogens with one attached hydrogen (secondary N) is 1. The molecule has 0 aliphatic heterocycles. The van der Waals surface area contributed by atoms with E-state index in [0.717, 1.165) is 0 Å². The van der Waals surface area contributed by atoms with Crippen LogP contribution in [-0.4, -0.2) is 31.2 Å². The fraction of sp³-hybridized carbons (Fsp3) is 0.125. The number of rotatable bonds is 5. The van der Waals surface area contributed by atoms with Gasteiger partial charge in [0.25, 0.3) is 5.91 Å². The zero-order valence-corrected chi connectivity index (χ0v) is 14.0. The lowest BCUT2D eigenvalue weighted by molar-refractivity contribution is 0.0696. The number of methoxy groups -OCH3 is 2. The number of hydrogen-bond donors (Lipinski definition) is 2. The standard InChI is InChI=1S/C16H14BrNO5/c1-22-13-5-3-9(7-11(13)17)15(19)18-12-8-10(16(20)21)4-6-14(12)23-2/h3-8H,1-2H3,(H,18,19)(H,20,21). The van der Waals surface area contributed by atoms with Crippen LogP contribution in [0, 0.1) is 0 Å². The van der Waals surface area contributed by atoms with Crippen LogP contribution < -0.4 is 14.8 Å². The molecule has 0 aliphatic carbocycles. The van der Waals surface area contributed by atoms with Crippen LogP contribution in [0.2, 0.25) is 0 Å². The summed E-state index contributed by atoms with van der Waals surface area (Å²) in [5.41, 5.74) is 0.724. The Kier molecular flexibility index (Phi) is 5.23. The van der Waals surface area contributed by atoms with Gasteiger partial charge in [-0.1, -0.05) is 0 Å². The first-order valence-corrected chi connectivity index (χ1v) is 7.31. The van der Waals surface area contributed by atoms with E-state index in [1.54, 1.807) is 18.2 Å². The van der Waals surface area contributed by atoms with Gasteiger partial charge in [-0.2, -0.15) is 0 Å². The first-order valence-electron chi connectivity index (χ1n) is 6.52. The Labute approximate surface area is 141 Å². The third kappa shape index (κ3) is 3.81. The quantitative estimate of drug-likeness (QED) is 0.831. The molecule has 2 aromatic carbocycles. The maximum atomic E-state index is 12.3. The molecule has 0 heterocycles. The summed E-state index contributed by atoms with van der Waals surface area (Å²) in [5.74, 6) is -0.507. The van der Waals surface area contributed by atoms with E-state index in [2.05, 4.69) is 21.2 Å². The van der Waals surface area contributed by atoms with Crippen LogP contribution >= 0.6 is 15.9 Å². The van der Waals surface area contributed by atoms with Crippen molar-refractivity contribution in [1.29, 1.82) is 0 Å². The lowest BCUT2D eigenvalue weighted by Gasteiger charge is -2.12. The van der Waals surface area contributed by atoms with Gasteiger partial charge in [-0.3, -0.25) is 4.79 Å². The number of anilines is 1. The summed E-state index contributed by atoms with van der Waals surface area (Å²) < 4.78 is 10.9. The molecule has 0 atom stereocenters. The summed E-state index contributed by atoms with van der Waals surface area (Å²) in [6.45, 7) is 0. The maximum Gasteiger partial charge on any atom is 0.335 e. The molecule has 2 N–H and O–H groups in total. The number of ether oxygens (including phenoxy) is 2. The molecule has 120 valence electrons. The molecule has 0 radical (unpaired) electrons. The van der Waals surface area contributed by atoms with Gasteiger partial charge in [0.15, 0.2) is 0 Å². The molecule has 0 saturated heterocycles. The van der Waals surface area contributed by atoms with Gasteiger partial charge in [-0.15, -0.1) is 0 Å². The molecule has 7 heteroatoms. The van der Waals surface area contributed by atoms with Crippen LogP contribution in [0.4, 0.5) is 5.69 Å². The average molecular weight is 380 g/mol. The summed E-state index contributed by atoms with van der Waals surface area (Å²) in [6.07, 6.45) is 0. The third-order valence-corrected chi connectivity index (χ3v) is 3.73. The van der Waals surface area contributed by atoms with E-state index in [1.807, 2.05) is 0 Å². The van der Waals surface area contributed by atoms with Crippen LogP contribution in [-0.2, 0) is 0 Å². The van der Waals surface area contributed by atoms with Crippen molar-refractivity contribution >= 4 is 33.5 Å². The summed E-state index contributed by atoms with van der Waals surface area (Å²) in [5, 5.41) is 11.7. The Morgan fingerprint density at radius 3 is 2.17 bits per heavy atom. The molecule has 0 aromatic heterocycles. The number of halogens is 1. The van der Waals surface area contributed by atoms with E-state index in [9.17, 15) is 9.59 Å². The molecule has 6 nitrogen and oxygen atoms in total. The summed E-state index contributed by atoms with van der Waals surface area (Å²) in [4.78, 5) is 23.4. The van der Waals surface area contributed by atoms with Crippen molar-refractivity contribution < 1.29 is 24.2 Å². The highest BCUT2D eigenvalue weighted by molar-refractivity contribution is 9.10. The van der Waals surface area contributed by atoms with Crippen LogP contribution in [0.1, 0.15) is 20.7 Å². The minimum atomic E-state index is -1.09. The molecule has 1 amide bonds. The van der Waals surface area contributed by atoms with Crippen LogP contribution in [0.5, 0.6) is 11.5 Å². The number of aromatic carboxylic acids is 1. The minimum absolute atomic E-state index is 0.0528. The summed E-state index contributed by atoms with van der Waals surface area (Å²) in [6, 6.07) is 9.11. The molecule has 0 aliphatic rings. The monoisotopic (exact) mass is 379 g/mol. The Hall–Kier alpha value is -2.54. The lowest BCUT2D eigenvalue weighted by atomic mass is 10.1. The van der Waals surface area contributed by atoms with Crippen molar-refractivity contribution in [2.75, 3.05) is 19.5 Å². The largest absolute Gasteiger partial charge is 0.496 e. The van der Waals surface area contributed by atoms with Crippen molar-refractivity contribution in [3.8, 4) is 11.5 Å². The lowest BCUT2D eigenvalue weighted by Crippen LogP contribution is -2.13. The van der Waals surface area contributed by atoms with Crippen molar-refractivity contribution in [3.05, 3.63) is 52.0 Å². The van der Waals surface area contributed by atoms with Crippen LogP contribution in [0.15, 0.2) is 40.9 Å². The molecular weight excluding hydrogens is 366 g/mol. The average Bonchev–Trinajstić information content (AvgIpc) is 2.54. The van der Waals surface area contributed by atoms with Crippen molar-refractivity contribution in [2.45, 2.75) is 0 Å². The maximum absolute atomic E-state index is 12.3. The summed E-state index contributed by atoms with van der Waals surface area (Å²) in [7, 11) is 2.97. The number of carboxylic acid groups (broad SMARTS) is 1. The number of carbonyl (C=O) groups is 2. The number of benzene rings is 2. The normalized spacial score (nSPS) is 10.0. The van der Waals surface area contributed by atoms with Crippen LogP contribution in [0.3, 0.4) is 0 Å². The highest BCUT2D eigenvalue weighted by atomic mass is 79.9. The Morgan fingerprint density at radius 1 is 1.00 bits per heavy atom. The van der Waals surface area contributed by atoms with Crippen molar-refractivity contribution in [3.63, 3.8) is 0 Å². The summed E-state index contributed by atoms with van der Waals surface area (Å²) >= 11 is 3.31. The SMILES string of the molecule is COc1ccc(C(=O)Nc2cc(C(=O)O)ccc2OC)cc1Br. The molecule has 2 rings (SSSR count). The van der Waals surface area contributed by atoms with E-state index in [0.29, 0.717) is 21.5 Å². The van der Waals surface area contributed by atoms with Gasteiger partial charge in [0.1, 0.15) is 11.5 Å². The first-order chi connectivity index (χ1) is 11.0.